The number of nitrogens with zero attached hydrogens (tertiary/aromatic N) is 2. The molecule has 12 heavy (non-hydrogen) atoms. The number of hydrogen-bond donors (Lipinski definition) is 2. The molecule has 0 bridgehead atoms. The summed E-state index contributed by atoms with van der Waals surface area (Å²) in [6.45, 7) is 3.72. The van der Waals surface area contributed by atoms with Crippen LogP contribution in [0.25, 0.3) is 0 Å². The minimum Gasteiger partial charge on any atom is -0.323 e. The molecule has 0 radical (unpaired) electrons. The average molecular weight is 166 g/mol. The second kappa shape index (κ2) is 3.16. The molecule has 0 saturated heterocycles. The standard InChI is InChI=1S/C8H14N4/c1-6(9)7-3-8(2,10)4-11-5-12-7/h3-6H,9-10H2,1-2H3. The van der Waals surface area contributed by atoms with E-state index in [4.69, 9.17) is 11.5 Å². The summed E-state index contributed by atoms with van der Waals surface area (Å²) in [5, 5.41) is 0. The Balaban J connectivity index is 2.95. The van der Waals surface area contributed by atoms with Gasteiger partial charge in [-0.2, -0.15) is 0 Å². The van der Waals surface area contributed by atoms with Crippen LogP contribution in [0.1, 0.15) is 13.8 Å². The Bertz CT molecular complexity index is 248. The molecule has 1 heterocycles. The molecule has 0 aromatic carbocycles. The molecule has 2 unspecified atom stereocenters. The largest absolute Gasteiger partial charge is 0.323 e. The van der Waals surface area contributed by atoms with Gasteiger partial charge in [0.2, 0.25) is 0 Å². The van der Waals surface area contributed by atoms with E-state index in [0.717, 1.165) is 5.70 Å². The van der Waals surface area contributed by atoms with Crippen molar-refractivity contribution in [2.24, 2.45) is 21.5 Å². The molecule has 1 aliphatic heterocycles. The van der Waals surface area contributed by atoms with Gasteiger partial charge in [-0.05, 0) is 19.9 Å². The molecule has 0 aromatic heterocycles. The lowest BCUT2D eigenvalue weighted by atomic mass is 10.0. The molecule has 0 fully saturated rings. The molecule has 0 aliphatic carbocycles. The number of aliphatic imine (C=N–C) groups is 2. The zero-order valence-corrected chi connectivity index (χ0v) is 7.36. The Kier molecular flexibility index (Phi) is 2.40. The summed E-state index contributed by atoms with van der Waals surface area (Å²) < 4.78 is 0. The highest BCUT2D eigenvalue weighted by molar-refractivity contribution is 5.82. The van der Waals surface area contributed by atoms with Gasteiger partial charge >= 0.3 is 0 Å². The van der Waals surface area contributed by atoms with E-state index in [9.17, 15) is 0 Å². The zero-order valence-electron chi connectivity index (χ0n) is 7.36. The van der Waals surface area contributed by atoms with Crippen molar-refractivity contribution in [2.45, 2.75) is 25.4 Å². The van der Waals surface area contributed by atoms with Crippen molar-refractivity contribution in [2.75, 3.05) is 0 Å². The fraction of sp³-hybridized carbons (Fsp3) is 0.500. The summed E-state index contributed by atoms with van der Waals surface area (Å²) in [5.74, 6) is 0. The summed E-state index contributed by atoms with van der Waals surface area (Å²) in [6.07, 6.45) is 4.93. The van der Waals surface area contributed by atoms with Gasteiger partial charge in [-0.25, -0.2) is 9.98 Å². The van der Waals surface area contributed by atoms with Gasteiger partial charge < -0.3 is 11.5 Å². The third-order valence-electron chi connectivity index (χ3n) is 1.55. The molecule has 4 heteroatoms. The molecule has 4 nitrogen and oxygen atoms in total. The lowest BCUT2D eigenvalue weighted by Crippen LogP contribution is -2.36. The minimum atomic E-state index is -0.542. The van der Waals surface area contributed by atoms with Gasteiger partial charge in [0.05, 0.1) is 11.2 Å². The van der Waals surface area contributed by atoms with E-state index in [1.54, 1.807) is 6.21 Å². The van der Waals surface area contributed by atoms with Gasteiger partial charge in [-0.1, -0.05) is 0 Å². The summed E-state index contributed by atoms with van der Waals surface area (Å²) in [5.41, 5.74) is 11.7. The van der Waals surface area contributed by atoms with Gasteiger partial charge in [-0.15, -0.1) is 0 Å². The first-order chi connectivity index (χ1) is 5.51. The second-order valence-corrected chi connectivity index (χ2v) is 3.25. The zero-order chi connectivity index (χ0) is 9.19. The number of nitrogens with two attached hydrogens (primary N) is 2. The van der Waals surface area contributed by atoms with E-state index in [0.29, 0.717) is 0 Å². The monoisotopic (exact) mass is 166 g/mol. The maximum Gasteiger partial charge on any atom is 0.115 e. The molecule has 0 saturated carbocycles. The third-order valence-corrected chi connectivity index (χ3v) is 1.55. The maximum absolute atomic E-state index is 5.84. The fourth-order valence-corrected chi connectivity index (χ4v) is 0.936. The first-order valence-electron chi connectivity index (χ1n) is 3.85. The molecule has 2 atom stereocenters. The van der Waals surface area contributed by atoms with Crippen LogP contribution in [0.3, 0.4) is 0 Å². The van der Waals surface area contributed by atoms with Crippen molar-refractivity contribution in [3.63, 3.8) is 0 Å². The van der Waals surface area contributed by atoms with Crippen molar-refractivity contribution >= 4 is 12.6 Å². The van der Waals surface area contributed by atoms with E-state index in [2.05, 4.69) is 9.98 Å². The smallest absolute Gasteiger partial charge is 0.115 e. The summed E-state index contributed by atoms with van der Waals surface area (Å²) in [7, 11) is 0. The van der Waals surface area contributed by atoms with Gasteiger partial charge in [0, 0.05) is 12.3 Å². The Hall–Kier alpha value is -1.00. The molecule has 1 aliphatic rings. The van der Waals surface area contributed by atoms with Crippen molar-refractivity contribution in [1.29, 1.82) is 0 Å². The van der Waals surface area contributed by atoms with Crippen LogP contribution in [0.5, 0.6) is 0 Å². The molecule has 1 rings (SSSR count). The second-order valence-electron chi connectivity index (χ2n) is 3.25. The summed E-state index contributed by atoms with van der Waals surface area (Å²) in [4.78, 5) is 7.96. The SMILES string of the molecule is CC(N)C1=CC(C)(N)C=NC=N1. The number of rotatable bonds is 1. The average Bonchev–Trinajstić information content (AvgIpc) is 2.10. The van der Waals surface area contributed by atoms with Crippen LogP contribution < -0.4 is 11.5 Å². The highest BCUT2D eigenvalue weighted by Crippen LogP contribution is 2.10. The van der Waals surface area contributed by atoms with E-state index >= 15 is 0 Å². The van der Waals surface area contributed by atoms with Crippen LogP contribution in [0.15, 0.2) is 21.8 Å². The molecular formula is C8H14N4. The van der Waals surface area contributed by atoms with Crippen molar-refractivity contribution < 1.29 is 0 Å². The van der Waals surface area contributed by atoms with Crippen LogP contribution in [0, 0.1) is 0 Å². The van der Waals surface area contributed by atoms with E-state index in [1.165, 1.54) is 6.34 Å². The Labute approximate surface area is 72.1 Å². The maximum atomic E-state index is 5.84. The van der Waals surface area contributed by atoms with Gasteiger partial charge in [0.1, 0.15) is 6.34 Å². The van der Waals surface area contributed by atoms with Crippen LogP contribution >= 0.6 is 0 Å². The highest BCUT2D eigenvalue weighted by Gasteiger charge is 2.16. The number of hydrogen-bond acceptors (Lipinski definition) is 4. The van der Waals surface area contributed by atoms with Crippen LogP contribution in [0.4, 0.5) is 0 Å². The van der Waals surface area contributed by atoms with Crippen LogP contribution in [-0.4, -0.2) is 24.1 Å². The Morgan fingerprint density at radius 2 is 2.25 bits per heavy atom. The third kappa shape index (κ3) is 2.25. The van der Waals surface area contributed by atoms with Crippen LogP contribution in [0.2, 0.25) is 0 Å². The van der Waals surface area contributed by atoms with Gasteiger partial charge in [0.25, 0.3) is 0 Å². The molecular weight excluding hydrogens is 152 g/mol. The van der Waals surface area contributed by atoms with Crippen LogP contribution in [-0.2, 0) is 0 Å². The quantitative estimate of drug-likeness (QED) is 0.577. The lowest BCUT2D eigenvalue weighted by Gasteiger charge is -2.14. The molecule has 0 aromatic rings. The molecule has 0 spiro atoms. The topological polar surface area (TPSA) is 76.8 Å². The molecule has 0 amide bonds. The Morgan fingerprint density at radius 3 is 2.83 bits per heavy atom. The molecule has 4 N–H and O–H groups in total. The first-order valence-corrected chi connectivity index (χ1v) is 3.85. The first kappa shape index (κ1) is 9.09. The van der Waals surface area contributed by atoms with Crippen molar-refractivity contribution in [1.82, 2.24) is 0 Å². The van der Waals surface area contributed by atoms with E-state index in [-0.39, 0.29) is 6.04 Å². The van der Waals surface area contributed by atoms with Crippen molar-refractivity contribution in [3.8, 4) is 0 Å². The fourth-order valence-electron chi connectivity index (χ4n) is 0.936. The Morgan fingerprint density at radius 1 is 1.58 bits per heavy atom. The predicted molar refractivity (Wildman–Crippen MR) is 51.3 cm³/mol. The molecule has 66 valence electrons. The lowest BCUT2D eigenvalue weighted by molar-refractivity contribution is 0.762. The van der Waals surface area contributed by atoms with E-state index < -0.39 is 5.54 Å². The van der Waals surface area contributed by atoms with Crippen molar-refractivity contribution in [3.05, 3.63) is 11.8 Å². The normalized spacial score (nSPS) is 31.2. The van der Waals surface area contributed by atoms with E-state index in [1.807, 2.05) is 19.9 Å². The highest BCUT2D eigenvalue weighted by atomic mass is 14.9. The van der Waals surface area contributed by atoms with Gasteiger partial charge in [0.15, 0.2) is 0 Å². The summed E-state index contributed by atoms with van der Waals surface area (Å²) >= 11 is 0. The summed E-state index contributed by atoms with van der Waals surface area (Å²) in [6, 6.07) is -0.106. The predicted octanol–water partition coefficient (Wildman–Crippen LogP) is 0.0476. The minimum absolute atomic E-state index is 0.106. The van der Waals surface area contributed by atoms with Gasteiger partial charge in [-0.3, -0.25) is 0 Å².